The normalized spacial score (nSPS) is 10.2. The molecule has 0 spiro atoms. The van der Waals surface area contributed by atoms with Crippen molar-refractivity contribution < 1.29 is 9.13 Å². The smallest absolute Gasteiger partial charge is 0.219 e. The van der Waals surface area contributed by atoms with Gasteiger partial charge < -0.3 is 4.74 Å². The van der Waals surface area contributed by atoms with Gasteiger partial charge in [-0.05, 0) is 18.2 Å². The lowest BCUT2D eigenvalue weighted by Gasteiger charge is -2.05. The average Bonchev–Trinajstić information content (AvgIpc) is 2.20. The Hall–Kier alpha value is -1.13. The predicted molar refractivity (Wildman–Crippen MR) is 63.4 cm³/mol. The van der Waals surface area contributed by atoms with E-state index in [4.69, 9.17) is 16.3 Å². The van der Waals surface area contributed by atoms with E-state index in [1.54, 1.807) is 18.2 Å². The van der Waals surface area contributed by atoms with Crippen LogP contribution in [-0.2, 0) is 0 Å². The molecule has 0 N–H and O–H groups in total. The van der Waals surface area contributed by atoms with Crippen molar-refractivity contribution in [2.45, 2.75) is 0 Å². The van der Waals surface area contributed by atoms with Gasteiger partial charge in [0.05, 0.1) is 5.02 Å². The molecule has 2 aromatic rings. The minimum atomic E-state index is -0.377. The molecule has 1 aromatic carbocycles. The molecule has 0 unspecified atom stereocenters. The lowest BCUT2D eigenvalue weighted by molar-refractivity contribution is 0.458. The Morgan fingerprint density at radius 1 is 1.25 bits per heavy atom. The Bertz CT molecular complexity index is 484. The van der Waals surface area contributed by atoms with Gasteiger partial charge in [-0.2, -0.15) is 0 Å². The molecule has 0 atom stereocenters. The first-order valence-corrected chi connectivity index (χ1v) is 5.56. The number of nitrogens with zero attached hydrogens (tertiary/aromatic N) is 1. The number of hydrogen-bond acceptors (Lipinski definition) is 2. The van der Waals surface area contributed by atoms with Gasteiger partial charge >= 0.3 is 0 Å². The van der Waals surface area contributed by atoms with Crippen LogP contribution in [0.15, 0.2) is 41.0 Å². The minimum absolute atomic E-state index is 0.363. The van der Waals surface area contributed by atoms with Gasteiger partial charge in [0.25, 0.3) is 0 Å². The van der Waals surface area contributed by atoms with Crippen LogP contribution in [0.5, 0.6) is 11.6 Å². The second-order valence-electron chi connectivity index (χ2n) is 3.02. The Morgan fingerprint density at radius 3 is 2.69 bits per heavy atom. The van der Waals surface area contributed by atoms with Crippen molar-refractivity contribution in [3.05, 3.63) is 51.8 Å². The van der Waals surface area contributed by atoms with Crippen LogP contribution in [0.1, 0.15) is 0 Å². The number of halogens is 3. The van der Waals surface area contributed by atoms with Crippen molar-refractivity contribution in [1.82, 2.24) is 4.98 Å². The first-order chi connectivity index (χ1) is 7.63. The number of aromatic nitrogens is 1. The van der Waals surface area contributed by atoms with Gasteiger partial charge in [-0.3, -0.25) is 0 Å². The van der Waals surface area contributed by atoms with E-state index in [0.29, 0.717) is 21.1 Å². The van der Waals surface area contributed by atoms with E-state index in [-0.39, 0.29) is 5.82 Å². The molecule has 2 nitrogen and oxygen atoms in total. The summed E-state index contributed by atoms with van der Waals surface area (Å²) in [7, 11) is 0. The third-order valence-electron chi connectivity index (χ3n) is 1.76. The lowest BCUT2D eigenvalue weighted by Crippen LogP contribution is -1.88. The molecule has 16 heavy (non-hydrogen) atoms. The first kappa shape index (κ1) is 11.4. The summed E-state index contributed by atoms with van der Waals surface area (Å²) in [6.45, 7) is 0. The third kappa shape index (κ3) is 2.93. The number of benzene rings is 1. The Morgan fingerprint density at radius 2 is 2.06 bits per heavy atom. The van der Waals surface area contributed by atoms with Crippen molar-refractivity contribution >= 4 is 27.5 Å². The van der Waals surface area contributed by atoms with Gasteiger partial charge in [0.2, 0.25) is 5.88 Å². The molecular formula is C11H6BrClFNO. The SMILES string of the molecule is Fc1cc(Br)cc(Oc2ccc(Cl)cn2)c1. The number of ether oxygens (including phenoxy) is 1. The van der Waals surface area contributed by atoms with Crippen LogP contribution in [0.3, 0.4) is 0 Å². The molecule has 0 radical (unpaired) electrons. The van der Waals surface area contributed by atoms with E-state index in [1.807, 2.05) is 0 Å². The zero-order valence-corrected chi connectivity index (χ0v) is 10.3. The Kier molecular flexibility index (Phi) is 3.41. The van der Waals surface area contributed by atoms with Crippen LogP contribution in [0.25, 0.3) is 0 Å². The van der Waals surface area contributed by atoms with Gasteiger partial charge in [0.1, 0.15) is 11.6 Å². The summed E-state index contributed by atoms with van der Waals surface area (Å²) in [6.07, 6.45) is 1.46. The third-order valence-corrected chi connectivity index (χ3v) is 2.44. The van der Waals surface area contributed by atoms with Crippen LogP contribution in [0.2, 0.25) is 5.02 Å². The highest BCUT2D eigenvalue weighted by atomic mass is 79.9. The van der Waals surface area contributed by atoms with Crippen LogP contribution in [0.4, 0.5) is 4.39 Å². The zero-order valence-electron chi connectivity index (χ0n) is 7.95. The molecule has 5 heteroatoms. The molecule has 0 saturated carbocycles. The molecule has 82 valence electrons. The van der Waals surface area contributed by atoms with Gasteiger partial charge in [-0.25, -0.2) is 9.37 Å². The Labute approximate surface area is 105 Å². The number of hydrogen-bond donors (Lipinski definition) is 0. The predicted octanol–water partition coefficient (Wildman–Crippen LogP) is 4.43. The molecule has 0 fully saturated rings. The maximum absolute atomic E-state index is 13.0. The molecule has 0 saturated heterocycles. The highest BCUT2D eigenvalue weighted by Crippen LogP contribution is 2.25. The molecule has 1 heterocycles. The fourth-order valence-electron chi connectivity index (χ4n) is 1.13. The topological polar surface area (TPSA) is 22.1 Å². The van der Waals surface area contributed by atoms with Crippen LogP contribution >= 0.6 is 27.5 Å². The molecule has 0 bridgehead atoms. The van der Waals surface area contributed by atoms with Crippen LogP contribution < -0.4 is 4.74 Å². The summed E-state index contributed by atoms with van der Waals surface area (Å²) in [6, 6.07) is 7.54. The molecule has 1 aromatic heterocycles. The van der Waals surface area contributed by atoms with Crippen molar-refractivity contribution in [2.75, 3.05) is 0 Å². The molecule has 0 aliphatic rings. The average molecular weight is 303 g/mol. The molecule has 0 aliphatic carbocycles. The lowest BCUT2D eigenvalue weighted by atomic mass is 10.3. The van der Waals surface area contributed by atoms with Crippen LogP contribution in [-0.4, -0.2) is 4.98 Å². The second kappa shape index (κ2) is 4.80. The van der Waals surface area contributed by atoms with E-state index in [1.165, 1.54) is 18.3 Å². The summed E-state index contributed by atoms with van der Waals surface area (Å²) in [5.74, 6) is 0.363. The highest BCUT2D eigenvalue weighted by molar-refractivity contribution is 9.10. The van der Waals surface area contributed by atoms with E-state index < -0.39 is 0 Å². The standard InChI is InChI=1S/C11H6BrClFNO/c12-7-3-9(14)5-10(4-7)16-11-2-1-8(13)6-15-11/h1-6H. The quantitative estimate of drug-likeness (QED) is 0.819. The van der Waals surface area contributed by atoms with E-state index in [0.717, 1.165) is 0 Å². The maximum atomic E-state index is 13.0. The molecule has 0 amide bonds. The van der Waals surface area contributed by atoms with Gasteiger partial charge in [0, 0.05) is 22.8 Å². The summed E-state index contributed by atoms with van der Waals surface area (Å²) in [5, 5.41) is 0.521. The van der Waals surface area contributed by atoms with Gasteiger partial charge in [-0.1, -0.05) is 27.5 Å². The Balaban J connectivity index is 2.23. The first-order valence-electron chi connectivity index (χ1n) is 4.39. The summed E-state index contributed by atoms with van der Waals surface area (Å²) >= 11 is 8.86. The van der Waals surface area contributed by atoms with E-state index in [9.17, 15) is 4.39 Å². The van der Waals surface area contributed by atoms with Crippen molar-refractivity contribution in [2.24, 2.45) is 0 Å². The fraction of sp³-hybridized carbons (Fsp3) is 0. The molecule has 0 aliphatic heterocycles. The zero-order chi connectivity index (χ0) is 11.5. The van der Waals surface area contributed by atoms with E-state index in [2.05, 4.69) is 20.9 Å². The van der Waals surface area contributed by atoms with Crippen molar-refractivity contribution in [3.8, 4) is 11.6 Å². The summed E-state index contributed by atoms with van der Waals surface area (Å²) in [5.41, 5.74) is 0. The summed E-state index contributed by atoms with van der Waals surface area (Å²) < 4.78 is 19.0. The van der Waals surface area contributed by atoms with Gasteiger partial charge in [0.15, 0.2) is 0 Å². The number of rotatable bonds is 2. The molecule has 2 rings (SSSR count). The maximum Gasteiger partial charge on any atom is 0.219 e. The highest BCUT2D eigenvalue weighted by Gasteiger charge is 2.02. The summed E-state index contributed by atoms with van der Waals surface area (Å²) in [4.78, 5) is 3.94. The second-order valence-corrected chi connectivity index (χ2v) is 4.37. The van der Waals surface area contributed by atoms with Crippen molar-refractivity contribution in [1.29, 1.82) is 0 Å². The molecular weight excluding hydrogens is 296 g/mol. The minimum Gasteiger partial charge on any atom is -0.439 e. The monoisotopic (exact) mass is 301 g/mol. The number of pyridine rings is 1. The van der Waals surface area contributed by atoms with Gasteiger partial charge in [-0.15, -0.1) is 0 Å². The van der Waals surface area contributed by atoms with Crippen LogP contribution in [0, 0.1) is 5.82 Å². The van der Waals surface area contributed by atoms with Crippen molar-refractivity contribution in [3.63, 3.8) is 0 Å². The van der Waals surface area contributed by atoms with E-state index >= 15 is 0 Å². The fourth-order valence-corrected chi connectivity index (χ4v) is 1.69. The largest absolute Gasteiger partial charge is 0.439 e.